The molecule has 1 aliphatic heterocycles. The van der Waals surface area contributed by atoms with Crippen LogP contribution in [0.5, 0.6) is 0 Å². The first kappa shape index (κ1) is 17.0. The van der Waals surface area contributed by atoms with Crippen LogP contribution in [0.15, 0.2) is 48.8 Å². The molecule has 0 saturated carbocycles. The molecule has 2 heterocycles. The van der Waals surface area contributed by atoms with Crippen LogP contribution in [-0.2, 0) is 17.8 Å². The second-order valence-corrected chi connectivity index (χ2v) is 7.10. The van der Waals surface area contributed by atoms with E-state index in [2.05, 4.69) is 39.9 Å². The molecular weight excluding hydrogens is 318 g/mol. The van der Waals surface area contributed by atoms with Crippen molar-refractivity contribution in [3.63, 3.8) is 0 Å². The predicted molar refractivity (Wildman–Crippen MR) is 98.9 cm³/mol. The second-order valence-electron chi connectivity index (χ2n) is 5.88. The van der Waals surface area contributed by atoms with Gasteiger partial charge in [-0.1, -0.05) is 30.3 Å². The highest BCUT2D eigenvalue weighted by Gasteiger charge is 2.26. The summed E-state index contributed by atoms with van der Waals surface area (Å²) in [5.74, 6) is 1.15. The molecule has 2 aromatic rings. The molecular formula is C19H23N3OS. The summed E-state index contributed by atoms with van der Waals surface area (Å²) in [6.45, 7) is 2.40. The molecule has 0 unspecified atom stereocenters. The number of hydrogen-bond acceptors (Lipinski definition) is 4. The summed E-state index contributed by atoms with van der Waals surface area (Å²) < 4.78 is 0. The summed E-state index contributed by atoms with van der Waals surface area (Å²) in [5.41, 5.74) is 3.67. The van der Waals surface area contributed by atoms with Crippen LogP contribution in [-0.4, -0.2) is 29.7 Å². The summed E-state index contributed by atoms with van der Waals surface area (Å²) >= 11 is 1.74. The molecule has 5 heteroatoms. The number of nitrogens with zero attached hydrogens (tertiary/aromatic N) is 1. The largest absolute Gasteiger partial charge is 0.355 e. The van der Waals surface area contributed by atoms with Crippen molar-refractivity contribution in [3.8, 4) is 0 Å². The first-order valence-corrected chi connectivity index (χ1v) is 9.46. The number of aromatic nitrogens is 1. The fraction of sp³-hybridized carbons (Fsp3) is 0.368. The Labute approximate surface area is 147 Å². The van der Waals surface area contributed by atoms with Gasteiger partial charge in [0, 0.05) is 25.5 Å². The fourth-order valence-electron chi connectivity index (χ4n) is 2.86. The van der Waals surface area contributed by atoms with Crippen molar-refractivity contribution in [1.29, 1.82) is 0 Å². The third-order valence-corrected chi connectivity index (χ3v) is 5.35. The SMILES string of the molecule is O=C(NCCCNCc1cccnc1)[C@H]1SCCc2ccccc21. The number of rotatable bonds is 7. The van der Waals surface area contributed by atoms with E-state index in [0.717, 1.165) is 31.7 Å². The van der Waals surface area contributed by atoms with Crippen molar-refractivity contribution in [3.05, 3.63) is 65.5 Å². The molecule has 0 saturated heterocycles. The third-order valence-electron chi connectivity index (χ3n) is 4.11. The van der Waals surface area contributed by atoms with Gasteiger partial charge >= 0.3 is 0 Å². The van der Waals surface area contributed by atoms with E-state index in [9.17, 15) is 4.79 Å². The van der Waals surface area contributed by atoms with E-state index < -0.39 is 0 Å². The number of hydrogen-bond donors (Lipinski definition) is 2. The molecule has 3 rings (SSSR count). The highest BCUT2D eigenvalue weighted by molar-refractivity contribution is 8.00. The van der Waals surface area contributed by atoms with Crippen LogP contribution in [0.3, 0.4) is 0 Å². The molecule has 2 N–H and O–H groups in total. The molecule has 1 aliphatic rings. The van der Waals surface area contributed by atoms with Gasteiger partial charge in [-0.2, -0.15) is 0 Å². The van der Waals surface area contributed by atoms with E-state index in [0.29, 0.717) is 6.54 Å². The first-order chi connectivity index (χ1) is 11.8. The predicted octanol–water partition coefficient (Wildman–Crippen LogP) is 2.71. The first-order valence-electron chi connectivity index (χ1n) is 8.41. The highest BCUT2D eigenvalue weighted by Crippen LogP contribution is 2.36. The van der Waals surface area contributed by atoms with Crippen molar-refractivity contribution < 1.29 is 4.79 Å². The molecule has 0 aliphatic carbocycles. The maximum absolute atomic E-state index is 12.5. The number of aryl methyl sites for hydroxylation is 1. The molecule has 1 aromatic carbocycles. The monoisotopic (exact) mass is 341 g/mol. The molecule has 0 radical (unpaired) electrons. The Morgan fingerprint density at radius 1 is 1.21 bits per heavy atom. The van der Waals surface area contributed by atoms with Crippen LogP contribution >= 0.6 is 11.8 Å². The maximum atomic E-state index is 12.5. The van der Waals surface area contributed by atoms with Gasteiger partial charge in [0.2, 0.25) is 5.91 Å². The number of pyridine rings is 1. The van der Waals surface area contributed by atoms with Gasteiger partial charge in [-0.05, 0) is 47.9 Å². The van der Waals surface area contributed by atoms with Crippen LogP contribution in [0.25, 0.3) is 0 Å². The second kappa shape index (κ2) is 8.85. The maximum Gasteiger partial charge on any atom is 0.237 e. The van der Waals surface area contributed by atoms with E-state index in [-0.39, 0.29) is 11.2 Å². The van der Waals surface area contributed by atoms with Crippen LogP contribution in [0.4, 0.5) is 0 Å². The lowest BCUT2D eigenvalue weighted by molar-refractivity contribution is -0.120. The quantitative estimate of drug-likeness (QED) is 0.761. The van der Waals surface area contributed by atoms with Gasteiger partial charge in [-0.3, -0.25) is 9.78 Å². The molecule has 0 fully saturated rings. The standard InChI is InChI=1S/C19H23N3OS/c23-19(18-17-7-2-1-6-16(17)8-12-24-18)22-11-4-10-21-14-15-5-3-9-20-13-15/h1-3,5-7,9,13,18,21H,4,8,10-12,14H2,(H,22,23)/t18-/m0/s1. The van der Waals surface area contributed by atoms with E-state index in [4.69, 9.17) is 0 Å². The number of benzene rings is 1. The zero-order valence-corrected chi connectivity index (χ0v) is 14.5. The number of nitrogens with one attached hydrogen (secondary N) is 2. The summed E-state index contributed by atoms with van der Waals surface area (Å²) in [6, 6.07) is 12.3. The third kappa shape index (κ3) is 4.58. The molecule has 4 nitrogen and oxygen atoms in total. The van der Waals surface area contributed by atoms with Gasteiger partial charge in [0.1, 0.15) is 5.25 Å². The van der Waals surface area contributed by atoms with Crippen LogP contribution in [0.1, 0.15) is 28.4 Å². The highest BCUT2D eigenvalue weighted by atomic mass is 32.2. The van der Waals surface area contributed by atoms with E-state index in [1.165, 1.54) is 16.7 Å². The molecule has 0 bridgehead atoms. The van der Waals surface area contributed by atoms with Crippen LogP contribution in [0.2, 0.25) is 0 Å². The summed E-state index contributed by atoms with van der Waals surface area (Å²) in [6.07, 6.45) is 5.63. The van der Waals surface area contributed by atoms with Crippen molar-refractivity contribution >= 4 is 17.7 Å². The van der Waals surface area contributed by atoms with Gasteiger partial charge in [-0.15, -0.1) is 11.8 Å². The van der Waals surface area contributed by atoms with Crippen molar-refractivity contribution in [2.75, 3.05) is 18.8 Å². The number of amides is 1. The van der Waals surface area contributed by atoms with E-state index in [1.54, 1.807) is 18.0 Å². The Hall–Kier alpha value is -1.85. The lowest BCUT2D eigenvalue weighted by atomic mass is 10.0. The molecule has 1 amide bonds. The molecule has 1 aromatic heterocycles. The number of fused-ring (bicyclic) bond motifs is 1. The molecule has 24 heavy (non-hydrogen) atoms. The average Bonchev–Trinajstić information content (AvgIpc) is 2.64. The van der Waals surface area contributed by atoms with Gasteiger partial charge in [0.05, 0.1) is 0 Å². The van der Waals surface area contributed by atoms with Gasteiger partial charge in [-0.25, -0.2) is 0 Å². The van der Waals surface area contributed by atoms with Gasteiger partial charge in [0.15, 0.2) is 0 Å². The summed E-state index contributed by atoms with van der Waals surface area (Å²) in [4.78, 5) is 16.5. The number of carbonyl (C=O) groups is 1. The number of carbonyl (C=O) groups excluding carboxylic acids is 1. The smallest absolute Gasteiger partial charge is 0.237 e. The van der Waals surface area contributed by atoms with Gasteiger partial charge < -0.3 is 10.6 Å². The Bertz CT molecular complexity index is 663. The molecule has 1 atom stereocenters. The van der Waals surface area contributed by atoms with Crippen LogP contribution in [0, 0.1) is 0 Å². The normalized spacial score (nSPS) is 16.4. The summed E-state index contributed by atoms with van der Waals surface area (Å²) in [7, 11) is 0. The van der Waals surface area contributed by atoms with E-state index >= 15 is 0 Å². The zero-order chi connectivity index (χ0) is 16.6. The van der Waals surface area contributed by atoms with Crippen molar-refractivity contribution in [2.24, 2.45) is 0 Å². The Kier molecular flexibility index (Phi) is 6.26. The van der Waals surface area contributed by atoms with Crippen LogP contribution < -0.4 is 10.6 Å². The topological polar surface area (TPSA) is 54.0 Å². The lowest BCUT2D eigenvalue weighted by Crippen LogP contribution is -2.32. The Morgan fingerprint density at radius 3 is 3.00 bits per heavy atom. The van der Waals surface area contributed by atoms with Gasteiger partial charge in [0.25, 0.3) is 0 Å². The Morgan fingerprint density at radius 2 is 2.12 bits per heavy atom. The van der Waals surface area contributed by atoms with Crippen molar-refractivity contribution in [2.45, 2.75) is 24.6 Å². The Balaban J connectivity index is 1.37. The fourth-order valence-corrected chi connectivity index (χ4v) is 4.08. The molecule has 0 spiro atoms. The molecule has 126 valence electrons. The van der Waals surface area contributed by atoms with Crippen molar-refractivity contribution in [1.82, 2.24) is 15.6 Å². The lowest BCUT2D eigenvalue weighted by Gasteiger charge is -2.24. The minimum Gasteiger partial charge on any atom is -0.355 e. The number of thioether (sulfide) groups is 1. The zero-order valence-electron chi connectivity index (χ0n) is 13.7. The van der Waals surface area contributed by atoms with E-state index in [1.807, 2.05) is 18.3 Å². The minimum atomic E-state index is -0.0571. The summed E-state index contributed by atoms with van der Waals surface area (Å²) in [5, 5.41) is 6.40. The minimum absolute atomic E-state index is 0.0571. The average molecular weight is 341 g/mol.